The van der Waals surface area contributed by atoms with Crippen molar-refractivity contribution in [3.05, 3.63) is 149 Å². The number of carbonyl (C=O) groups excluding carboxylic acids is 8. The average Bonchev–Trinajstić information content (AvgIpc) is 0.716. The first-order valence-electron chi connectivity index (χ1n) is 33.3. The molecule has 0 spiro atoms. The number of aliphatic hydroxyl groups is 6. The molecule has 35 heteroatoms. The lowest BCUT2D eigenvalue weighted by Crippen LogP contribution is -2.56. The van der Waals surface area contributed by atoms with Crippen molar-refractivity contribution >= 4 is 52.6 Å². The lowest BCUT2D eigenvalue weighted by molar-refractivity contribution is -0.384. The number of ether oxygens (including phenoxy) is 9. The number of phenols is 4. The minimum Gasteiger partial charge on any atom is -0.507 e. The first kappa shape index (κ1) is 79.4. The summed E-state index contributed by atoms with van der Waals surface area (Å²) >= 11 is 0. The van der Waals surface area contributed by atoms with E-state index in [-0.39, 0.29) is 106 Å². The number of aromatic hydroxyl groups is 4. The van der Waals surface area contributed by atoms with Gasteiger partial charge in [0.05, 0.1) is 117 Å². The Balaban J connectivity index is 0.000000216. The maximum Gasteiger partial charge on any atom is 0.513 e. The fourth-order valence-electron chi connectivity index (χ4n) is 13.2. The number of unbranched alkanes of at least 4 members (excludes halogenated alkanes) is 1. The number of fused-ring (bicyclic) bond motifs is 6. The van der Waals surface area contributed by atoms with Gasteiger partial charge in [-0.25, -0.2) is 16.2 Å². The molecule has 2 heterocycles. The summed E-state index contributed by atoms with van der Waals surface area (Å²) in [5, 5.41) is 130. The number of amides is 1. The van der Waals surface area contributed by atoms with Crippen LogP contribution in [0.4, 0.5) is 19.7 Å². The predicted molar refractivity (Wildman–Crippen MR) is 357 cm³/mol. The minimum atomic E-state index is -2.34. The Bertz CT molecular complexity index is 4340. The molecule has 5 aromatic rings. The van der Waals surface area contributed by atoms with Gasteiger partial charge in [-0.15, -0.1) is 0 Å². The molecule has 566 valence electrons. The number of nitro groups is 1. The Labute approximate surface area is 603 Å². The smallest absolute Gasteiger partial charge is 0.507 e. The molecule has 11 rings (SSSR count). The molecule has 1 amide bonds. The number of phenolic OH excluding ortho intramolecular Hbond substituents is 4. The lowest BCUT2D eigenvalue weighted by Gasteiger charge is -2.42. The van der Waals surface area contributed by atoms with Gasteiger partial charge in [0, 0.05) is 96.5 Å². The maximum atomic E-state index is 13.8. The van der Waals surface area contributed by atoms with Crippen molar-refractivity contribution in [3.63, 3.8) is 0 Å². The SMILES string of the molecule is COc1cccc2c1C(=O)c1c(O)c3c(c(O)c1C2=O)C[C@@](O)(C(=O)CO)C[C@@H]3O[C@H]1C[C@H](N)[C@H](O)[C@H](C)O1.COc1cccc2c1C(=O)c1c(O)c3c(c(O)c1C2=O)C[C@@](O)(C(=O)CO)C[C@@H]3O[C@H]1C[C@H](NC(=O)OCCCC#N)[C@H](O)[C@H](C)O1.[2H]CF.[C-]#[N+]CCCOC(=O)Oc1ccc([N+](=O)[O-])cc1. The van der Waals surface area contributed by atoms with Crippen LogP contribution in [0.15, 0.2) is 60.7 Å². The van der Waals surface area contributed by atoms with Crippen LogP contribution >= 0.6 is 0 Å². The molecule has 34 nitrogen and oxygen atoms in total. The highest BCUT2D eigenvalue weighted by Gasteiger charge is 2.53. The van der Waals surface area contributed by atoms with Crippen LogP contribution in [-0.2, 0) is 50.9 Å². The molecule has 0 bridgehead atoms. The first-order chi connectivity index (χ1) is 50.8. The Kier molecular flexibility index (Phi) is 25.9. The molecule has 0 saturated carbocycles. The zero-order valence-corrected chi connectivity index (χ0v) is 57.2. The molecule has 12 atom stereocenters. The summed E-state index contributed by atoms with van der Waals surface area (Å²) in [5.41, 5.74) is -1.78. The van der Waals surface area contributed by atoms with Crippen LogP contribution in [0.2, 0.25) is 0 Å². The molecule has 2 fully saturated rings. The molecule has 4 aliphatic carbocycles. The monoisotopic (exact) mass is 1480 g/mol. The number of hydrogen-bond donors (Lipinski definition) is 12. The Morgan fingerprint density at radius 1 is 0.717 bits per heavy atom. The summed E-state index contributed by atoms with van der Waals surface area (Å²) in [6.45, 7) is 7.86. The van der Waals surface area contributed by atoms with Crippen molar-refractivity contribution in [1.82, 2.24) is 5.32 Å². The minimum absolute atomic E-state index is 0.0173. The Morgan fingerprint density at radius 3 is 1.60 bits per heavy atom. The van der Waals surface area contributed by atoms with E-state index in [9.17, 15) is 104 Å². The number of nitrogens with one attached hydrogen (secondary N) is 1. The molecule has 0 radical (unpaired) electrons. The van der Waals surface area contributed by atoms with Gasteiger partial charge in [-0.2, -0.15) is 5.26 Å². The van der Waals surface area contributed by atoms with Gasteiger partial charge in [0.2, 0.25) is 18.1 Å². The van der Waals surface area contributed by atoms with Crippen LogP contribution < -0.4 is 25.3 Å². The number of benzene rings is 5. The third-order valence-corrected chi connectivity index (χ3v) is 18.4. The van der Waals surface area contributed by atoms with Crippen molar-refractivity contribution < 1.29 is 143 Å². The van der Waals surface area contributed by atoms with Crippen LogP contribution in [0.5, 0.6) is 40.2 Å². The molecular weight excluding hydrogens is 1410 g/mol. The van der Waals surface area contributed by atoms with E-state index in [1.165, 1.54) is 81.8 Å². The standard InChI is InChI=1S/C32H34N2O13.C27H29NO11.C11H10N2O5.CH3F/c1-14-26(37)17(34-31(42)45-9-4-3-8-33)10-21(46-14)47-19-12-32(43,20(36)13-35)11-16-23(19)30(41)25-24(28(16)39)27(38)15-6-5-7-18(44-2)22(15)29(25)40;1-10-22(31)13(28)6-17(38-10)39-15-8-27(36,16(30)9-29)7-12-19(15)26(35)21-20(24(12)33)23(32)11-4-3-5-14(37-2)18(11)25(21)34;1-12-7-2-8-17-11(14)18-10-5-3-9(4-6-10)13(15)16;1-2/h5-7,14,17,19,21,26,35,37,39,41,43H,3-4,9-13H2,1-2H3,(H,34,42);3-5,10,13,15,17,22,29,31,33,35-36H,6-9,28H2,1-2H3;3-6H,2,7-8H2;1H3/t14-,17-,19-,21-,26+,32-;10-,13-,15-,17-,22+,27-;;/m00../s1/i;;;1D. The van der Waals surface area contributed by atoms with Crippen LogP contribution in [0, 0.1) is 28.0 Å². The van der Waals surface area contributed by atoms with E-state index >= 15 is 0 Å². The Morgan fingerprint density at radius 2 is 1.17 bits per heavy atom. The van der Waals surface area contributed by atoms with E-state index in [1.54, 1.807) is 6.92 Å². The molecule has 2 saturated heterocycles. The highest BCUT2D eigenvalue weighted by molar-refractivity contribution is 6.32. The van der Waals surface area contributed by atoms with Gasteiger partial charge < -0.3 is 110 Å². The summed E-state index contributed by atoms with van der Waals surface area (Å²) < 4.78 is 64.2. The van der Waals surface area contributed by atoms with Gasteiger partial charge >= 0.3 is 12.2 Å². The van der Waals surface area contributed by atoms with Crippen LogP contribution in [0.3, 0.4) is 0 Å². The van der Waals surface area contributed by atoms with Gasteiger partial charge in [0.15, 0.2) is 35.7 Å². The number of ketones is 6. The van der Waals surface area contributed by atoms with Crippen LogP contribution in [0.25, 0.3) is 4.85 Å². The normalized spacial score (nSPS) is 24.4. The summed E-state index contributed by atoms with van der Waals surface area (Å²) in [4.78, 5) is 116. The molecule has 5 aromatic carbocycles. The molecule has 2 aliphatic heterocycles. The summed E-state index contributed by atoms with van der Waals surface area (Å²) in [6.07, 6.45) is -12.2. The van der Waals surface area contributed by atoms with E-state index in [1.807, 2.05) is 6.07 Å². The van der Waals surface area contributed by atoms with Crippen molar-refractivity contribution in [2.24, 2.45) is 5.73 Å². The van der Waals surface area contributed by atoms with Crippen molar-refractivity contribution in [3.8, 4) is 46.3 Å². The number of alkyl carbamates (subject to hydrolysis) is 1. The number of rotatable bonds is 19. The van der Waals surface area contributed by atoms with E-state index in [2.05, 4.69) is 14.9 Å². The second-order valence-corrected chi connectivity index (χ2v) is 25.0. The number of Topliss-reactive ketones (excluding diaryl/α,β-unsaturated/α-hetero) is 2. The van der Waals surface area contributed by atoms with Crippen LogP contribution in [-0.4, -0.2) is 218 Å². The van der Waals surface area contributed by atoms with Gasteiger partial charge in [-0.05, 0) is 44.5 Å². The molecule has 0 aromatic heterocycles. The number of hydrogen-bond acceptors (Lipinski definition) is 31. The zero-order valence-electron chi connectivity index (χ0n) is 58.2. The van der Waals surface area contributed by atoms with E-state index in [0.29, 0.717) is 12.8 Å². The number of aliphatic hydroxyl groups excluding tert-OH is 4. The Hall–Kier alpha value is -10.7. The number of methoxy groups -OCH3 is 2. The van der Waals surface area contributed by atoms with Crippen molar-refractivity contribution in [1.29, 1.82) is 5.26 Å². The second kappa shape index (κ2) is 34.5. The number of nitrogens with two attached hydrogens (primary N) is 1. The van der Waals surface area contributed by atoms with Gasteiger partial charge in [0.1, 0.15) is 77.4 Å². The zero-order chi connectivity index (χ0) is 78.7. The number of non-ortho nitro benzene ring substituents is 1. The molecule has 106 heavy (non-hydrogen) atoms. The molecule has 13 N–H and O–H groups in total. The van der Waals surface area contributed by atoms with E-state index in [0.717, 1.165) is 0 Å². The first-order valence-corrected chi connectivity index (χ1v) is 32.6. The number of halogens is 1. The number of nitriles is 1. The lowest BCUT2D eigenvalue weighted by atomic mass is 9.72. The predicted octanol–water partition coefficient (Wildman–Crippen LogP) is 4.08. The highest BCUT2D eigenvalue weighted by Crippen LogP contribution is 2.55. The number of nitrogens with zero attached hydrogens (tertiary/aromatic N) is 3. The third kappa shape index (κ3) is 16.5. The average molecular weight is 1480 g/mol. The van der Waals surface area contributed by atoms with Crippen molar-refractivity contribution in [2.45, 2.75) is 144 Å². The fourth-order valence-corrected chi connectivity index (χ4v) is 13.2. The molecule has 6 aliphatic rings. The summed E-state index contributed by atoms with van der Waals surface area (Å²) in [6, 6.07) is 13.9. The van der Waals surface area contributed by atoms with Crippen molar-refractivity contribution in [2.75, 3.05) is 54.3 Å². The maximum absolute atomic E-state index is 13.8. The largest absolute Gasteiger partial charge is 0.513 e. The quantitative estimate of drug-likeness (QED) is 0.0103. The number of carbonyl (C=O) groups is 8. The summed E-state index contributed by atoms with van der Waals surface area (Å²) in [5.74, 6) is -7.70. The van der Waals surface area contributed by atoms with E-state index < -0.39 is 216 Å². The topological polar surface area (TPSA) is 531 Å². The van der Waals surface area contributed by atoms with Crippen LogP contribution in [0.1, 0.15) is 158 Å². The molecular formula is C71H76FN5O29. The van der Waals surface area contributed by atoms with Gasteiger partial charge in [-0.3, -0.25) is 43.3 Å². The molecule has 0 unspecified atom stereocenters. The summed E-state index contributed by atoms with van der Waals surface area (Å²) in [7, 11) is 1.62. The third-order valence-electron chi connectivity index (χ3n) is 18.4. The van der Waals surface area contributed by atoms with Gasteiger partial charge in [0.25, 0.3) is 5.69 Å². The fraction of sp³-hybridized carbons (Fsp3) is 0.437. The highest BCUT2D eigenvalue weighted by atomic mass is 19.1. The number of alkyl halides is 1. The van der Waals surface area contributed by atoms with Gasteiger partial charge in [-0.1, -0.05) is 24.3 Å². The van der Waals surface area contributed by atoms with E-state index in [4.69, 9.17) is 56.8 Å². The second-order valence-electron chi connectivity index (χ2n) is 25.0. The number of nitro benzene ring substituents is 1.